The van der Waals surface area contributed by atoms with Crippen molar-refractivity contribution in [2.24, 2.45) is 0 Å². The molecule has 1 saturated heterocycles. The molecular weight excluding hydrogens is 286 g/mol. The van der Waals surface area contributed by atoms with Crippen LogP contribution in [0.15, 0.2) is 0 Å². The van der Waals surface area contributed by atoms with Crippen molar-refractivity contribution in [3.05, 3.63) is 0 Å². The van der Waals surface area contributed by atoms with Crippen molar-refractivity contribution < 1.29 is 14.3 Å². The Balaban J connectivity index is 1.90. The summed E-state index contributed by atoms with van der Waals surface area (Å²) >= 11 is 1.99. The van der Waals surface area contributed by atoms with E-state index in [4.69, 9.17) is 9.47 Å². The standard InChI is InChI=1S/C16H29NO3S/c1-3-17-16(15(18)19-4-2)9-5-8-14(11-16)21-12-13-7-6-10-20-13/h13-14,17H,3-12H2,1-2H3. The third-order valence-corrected chi connectivity index (χ3v) is 5.87. The first-order chi connectivity index (χ1) is 10.2. The van der Waals surface area contributed by atoms with E-state index in [0.29, 0.717) is 18.0 Å². The lowest BCUT2D eigenvalue weighted by molar-refractivity contribution is -0.152. The number of hydrogen-bond donors (Lipinski definition) is 1. The van der Waals surface area contributed by atoms with Crippen molar-refractivity contribution in [1.82, 2.24) is 5.32 Å². The Labute approximate surface area is 132 Å². The number of carbonyl (C=O) groups excluding carboxylic acids is 1. The predicted octanol–water partition coefficient (Wildman–Crippen LogP) is 2.75. The molecule has 2 aliphatic rings. The lowest BCUT2D eigenvalue weighted by Gasteiger charge is -2.39. The van der Waals surface area contributed by atoms with E-state index < -0.39 is 5.54 Å². The van der Waals surface area contributed by atoms with E-state index in [0.717, 1.165) is 38.2 Å². The molecule has 1 aliphatic heterocycles. The van der Waals surface area contributed by atoms with Gasteiger partial charge in [-0.2, -0.15) is 11.8 Å². The summed E-state index contributed by atoms with van der Waals surface area (Å²) in [7, 11) is 0. The van der Waals surface area contributed by atoms with Crippen LogP contribution in [0, 0.1) is 0 Å². The minimum atomic E-state index is -0.461. The molecule has 1 N–H and O–H groups in total. The van der Waals surface area contributed by atoms with Gasteiger partial charge in [-0.25, -0.2) is 0 Å². The molecule has 2 fully saturated rings. The summed E-state index contributed by atoms with van der Waals surface area (Å²) < 4.78 is 11.0. The lowest BCUT2D eigenvalue weighted by Crippen LogP contribution is -2.56. The average Bonchev–Trinajstić information content (AvgIpc) is 2.99. The normalized spacial score (nSPS) is 33.0. The Morgan fingerprint density at radius 3 is 2.90 bits per heavy atom. The van der Waals surface area contributed by atoms with Gasteiger partial charge < -0.3 is 14.8 Å². The number of esters is 1. The molecule has 122 valence electrons. The van der Waals surface area contributed by atoms with Crippen molar-refractivity contribution in [1.29, 1.82) is 0 Å². The van der Waals surface area contributed by atoms with Crippen LogP contribution in [0.25, 0.3) is 0 Å². The second kappa shape index (κ2) is 8.39. The van der Waals surface area contributed by atoms with Crippen LogP contribution in [0.1, 0.15) is 52.4 Å². The molecule has 0 aromatic rings. The second-order valence-corrected chi connectivity index (χ2v) is 7.35. The van der Waals surface area contributed by atoms with Gasteiger partial charge in [-0.15, -0.1) is 0 Å². The van der Waals surface area contributed by atoms with Crippen molar-refractivity contribution in [3.8, 4) is 0 Å². The fourth-order valence-electron chi connectivity index (χ4n) is 3.41. The zero-order chi connectivity index (χ0) is 15.1. The van der Waals surface area contributed by atoms with Crippen molar-refractivity contribution >= 4 is 17.7 Å². The van der Waals surface area contributed by atoms with Gasteiger partial charge in [-0.1, -0.05) is 6.92 Å². The van der Waals surface area contributed by atoms with Crippen LogP contribution in [0.2, 0.25) is 0 Å². The van der Waals surface area contributed by atoms with Gasteiger partial charge in [0.1, 0.15) is 5.54 Å². The van der Waals surface area contributed by atoms with Crippen LogP contribution >= 0.6 is 11.8 Å². The smallest absolute Gasteiger partial charge is 0.326 e. The Morgan fingerprint density at radius 1 is 1.38 bits per heavy atom. The van der Waals surface area contributed by atoms with E-state index in [1.165, 1.54) is 19.3 Å². The van der Waals surface area contributed by atoms with E-state index in [1.807, 2.05) is 18.7 Å². The highest BCUT2D eigenvalue weighted by molar-refractivity contribution is 7.99. The second-order valence-electron chi connectivity index (χ2n) is 6.02. The maximum absolute atomic E-state index is 12.4. The summed E-state index contributed by atoms with van der Waals surface area (Å²) in [6, 6.07) is 0. The number of carbonyl (C=O) groups is 1. The van der Waals surface area contributed by atoms with Gasteiger partial charge in [0.05, 0.1) is 12.7 Å². The number of nitrogens with one attached hydrogen (secondary N) is 1. The zero-order valence-corrected chi connectivity index (χ0v) is 14.2. The summed E-state index contributed by atoms with van der Waals surface area (Å²) in [6.45, 7) is 6.12. The monoisotopic (exact) mass is 315 g/mol. The first kappa shape index (κ1) is 17.1. The lowest BCUT2D eigenvalue weighted by atomic mass is 9.81. The van der Waals surface area contributed by atoms with Crippen LogP contribution in [-0.4, -0.2) is 48.4 Å². The van der Waals surface area contributed by atoms with Gasteiger partial charge in [0.25, 0.3) is 0 Å². The number of rotatable bonds is 7. The fourth-order valence-corrected chi connectivity index (χ4v) is 4.90. The van der Waals surface area contributed by atoms with E-state index in [1.54, 1.807) is 0 Å². The molecule has 3 atom stereocenters. The molecule has 1 saturated carbocycles. The van der Waals surface area contributed by atoms with E-state index in [9.17, 15) is 4.79 Å². The predicted molar refractivity (Wildman–Crippen MR) is 86.7 cm³/mol. The zero-order valence-electron chi connectivity index (χ0n) is 13.4. The highest BCUT2D eigenvalue weighted by Gasteiger charge is 2.43. The van der Waals surface area contributed by atoms with Crippen LogP contribution in [0.4, 0.5) is 0 Å². The van der Waals surface area contributed by atoms with Crippen LogP contribution < -0.4 is 5.32 Å². The molecule has 0 radical (unpaired) electrons. The highest BCUT2D eigenvalue weighted by atomic mass is 32.2. The summed E-state index contributed by atoms with van der Waals surface area (Å²) in [5.74, 6) is 1.00. The molecular formula is C16H29NO3S. The number of hydrogen-bond acceptors (Lipinski definition) is 5. The van der Waals surface area contributed by atoms with E-state index in [2.05, 4.69) is 12.2 Å². The van der Waals surface area contributed by atoms with Gasteiger partial charge in [0, 0.05) is 17.6 Å². The molecule has 1 aliphatic carbocycles. The highest BCUT2D eigenvalue weighted by Crippen LogP contribution is 2.37. The van der Waals surface area contributed by atoms with E-state index in [-0.39, 0.29) is 5.97 Å². The van der Waals surface area contributed by atoms with Gasteiger partial charge in [0.2, 0.25) is 0 Å². The van der Waals surface area contributed by atoms with Gasteiger partial charge >= 0.3 is 5.97 Å². The van der Waals surface area contributed by atoms with Crippen molar-refractivity contribution in [2.45, 2.75) is 69.3 Å². The maximum atomic E-state index is 12.4. The molecule has 5 heteroatoms. The number of likely N-dealkylation sites (N-methyl/N-ethyl adjacent to an activating group) is 1. The first-order valence-electron chi connectivity index (χ1n) is 8.35. The van der Waals surface area contributed by atoms with Gasteiger partial charge in [-0.05, 0) is 52.0 Å². The van der Waals surface area contributed by atoms with Crippen molar-refractivity contribution in [2.75, 3.05) is 25.5 Å². The van der Waals surface area contributed by atoms with Gasteiger partial charge in [0.15, 0.2) is 0 Å². The van der Waals surface area contributed by atoms with Crippen LogP contribution in [0.3, 0.4) is 0 Å². The summed E-state index contributed by atoms with van der Waals surface area (Å²) in [5, 5.41) is 3.96. The molecule has 0 spiro atoms. The largest absolute Gasteiger partial charge is 0.465 e. The number of ether oxygens (including phenoxy) is 2. The van der Waals surface area contributed by atoms with Crippen LogP contribution in [0.5, 0.6) is 0 Å². The molecule has 0 aromatic heterocycles. The molecule has 1 heterocycles. The van der Waals surface area contributed by atoms with Gasteiger partial charge in [-0.3, -0.25) is 4.79 Å². The third kappa shape index (κ3) is 4.60. The molecule has 2 rings (SSSR count). The molecule has 21 heavy (non-hydrogen) atoms. The molecule has 0 bridgehead atoms. The summed E-state index contributed by atoms with van der Waals surface area (Å²) in [6.07, 6.45) is 6.89. The topological polar surface area (TPSA) is 47.6 Å². The Kier molecular flexibility index (Phi) is 6.83. The third-order valence-electron chi connectivity index (χ3n) is 4.43. The van der Waals surface area contributed by atoms with Crippen molar-refractivity contribution in [3.63, 3.8) is 0 Å². The summed E-state index contributed by atoms with van der Waals surface area (Å²) in [5.41, 5.74) is -0.461. The molecule has 0 aromatic carbocycles. The van der Waals surface area contributed by atoms with E-state index >= 15 is 0 Å². The first-order valence-corrected chi connectivity index (χ1v) is 9.40. The summed E-state index contributed by atoms with van der Waals surface area (Å²) in [4.78, 5) is 12.4. The van der Waals surface area contributed by atoms with Crippen LogP contribution in [-0.2, 0) is 14.3 Å². The minimum Gasteiger partial charge on any atom is -0.465 e. The Morgan fingerprint density at radius 2 is 2.24 bits per heavy atom. The Bertz CT molecular complexity index is 329. The SMILES string of the molecule is CCNC1(C(=O)OCC)CCCC(SCC2CCCO2)C1. The average molecular weight is 315 g/mol. The number of thioether (sulfide) groups is 1. The Hall–Kier alpha value is -0.260. The molecule has 3 unspecified atom stereocenters. The fraction of sp³-hybridized carbons (Fsp3) is 0.938. The minimum absolute atomic E-state index is 0.0609. The molecule has 0 amide bonds. The maximum Gasteiger partial charge on any atom is 0.326 e. The molecule has 4 nitrogen and oxygen atoms in total. The quantitative estimate of drug-likeness (QED) is 0.732.